The molecule has 0 aliphatic rings. The standard InChI is InChI=1S/C17H22N2O/c1-12(2)11-19-13(3)9-10-15(17(19)20)16(18)14-7-5-4-6-8-14/h4-10,12,16H,11,18H2,1-3H3. The molecule has 106 valence electrons. The average Bonchev–Trinajstić information content (AvgIpc) is 2.43. The molecule has 20 heavy (non-hydrogen) atoms. The first-order valence-corrected chi connectivity index (χ1v) is 7.01. The molecule has 0 saturated carbocycles. The topological polar surface area (TPSA) is 48.0 Å². The van der Waals surface area contributed by atoms with Crippen LogP contribution in [0.1, 0.15) is 36.7 Å². The molecule has 0 bridgehead atoms. The van der Waals surface area contributed by atoms with Crippen molar-refractivity contribution < 1.29 is 0 Å². The molecule has 1 aromatic heterocycles. The molecule has 0 amide bonds. The summed E-state index contributed by atoms with van der Waals surface area (Å²) in [4.78, 5) is 12.6. The Hall–Kier alpha value is -1.87. The highest BCUT2D eigenvalue weighted by molar-refractivity contribution is 5.30. The Morgan fingerprint density at radius 2 is 1.75 bits per heavy atom. The number of hydrogen-bond acceptors (Lipinski definition) is 2. The van der Waals surface area contributed by atoms with Crippen LogP contribution >= 0.6 is 0 Å². The average molecular weight is 270 g/mol. The minimum Gasteiger partial charge on any atom is -0.320 e. The molecule has 1 aromatic carbocycles. The molecular weight excluding hydrogens is 248 g/mol. The lowest BCUT2D eigenvalue weighted by atomic mass is 10.0. The minimum atomic E-state index is -0.372. The first-order chi connectivity index (χ1) is 9.50. The van der Waals surface area contributed by atoms with Crippen LogP contribution in [0.2, 0.25) is 0 Å². The molecule has 3 heteroatoms. The van der Waals surface area contributed by atoms with E-state index < -0.39 is 0 Å². The van der Waals surface area contributed by atoms with Crippen molar-refractivity contribution in [2.75, 3.05) is 0 Å². The van der Waals surface area contributed by atoms with E-state index in [9.17, 15) is 4.79 Å². The van der Waals surface area contributed by atoms with E-state index in [2.05, 4.69) is 13.8 Å². The SMILES string of the molecule is Cc1ccc(C(N)c2ccccc2)c(=O)n1CC(C)C. The Labute approximate surface area is 120 Å². The summed E-state index contributed by atoms with van der Waals surface area (Å²) in [5.41, 5.74) is 8.87. The van der Waals surface area contributed by atoms with E-state index in [1.165, 1.54) is 0 Å². The monoisotopic (exact) mass is 270 g/mol. The number of hydrogen-bond donors (Lipinski definition) is 1. The van der Waals surface area contributed by atoms with E-state index in [0.29, 0.717) is 11.5 Å². The van der Waals surface area contributed by atoms with Crippen molar-refractivity contribution in [1.82, 2.24) is 4.57 Å². The van der Waals surface area contributed by atoms with E-state index in [0.717, 1.165) is 17.8 Å². The zero-order valence-electron chi connectivity index (χ0n) is 12.3. The fraction of sp³-hybridized carbons (Fsp3) is 0.353. The van der Waals surface area contributed by atoms with Crippen LogP contribution in [0.4, 0.5) is 0 Å². The number of benzene rings is 1. The van der Waals surface area contributed by atoms with Gasteiger partial charge < -0.3 is 10.3 Å². The molecule has 0 saturated heterocycles. The van der Waals surface area contributed by atoms with Gasteiger partial charge in [0.25, 0.3) is 5.56 Å². The van der Waals surface area contributed by atoms with Crippen molar-refractivity contribution in [3.05, 3.63) is 69.6 Å². The maximum atomic E-state index is 12.6. The van der Waals surface area contributed by atoms with Gasteiger partial charge in [-0.3, -0.25) is 4.79 Å². The van der Waals surface area contributed by atoms with Crippen LogP contribution in [0.5, 0.6) is 0 Å². The summed E-state index contributed by atoms with van der Waals surface area (Å²) in [5.74, 6) is 0.426. The summed E-state index contributed by atoms with van der Waals surface area (Å²) in [7, 11) is 0. The van der Waals surface area contributed by atoms with Gasteiger partial charge in [-0.25, -0.2) is 0 Å². The Morgan fingerprint density at radius 1 is 1.10 bits per heavy atom. The van der Waals surface area contributed by atoms with Crippen molar-refractivity contribution in [2.45, 2.75) is 33.4 Å². The van der Waals surface area contributed by atoms with Gasteiger partial charge in [-0.05, 0) is 30.5 Å². The van der Waals surface area contributed by atoms with Gasteiger partial charge in [0.15, 0.2) is 0 Å². The second kappa shape index (κ2) is 6.06. The van der Waals surface area contributed by atoms with Crippen LogP contribution in [0, 0.1) is 12.8 Å². The number of pyridine rings is 1. The first-order valence-electron chi connectivity index (χ1n) is 7.01. The minimum absolute atomic E-state index is 0.0232. The molecule has 2 rings (SSSR count). The molecule has 2 aromatic rings. The van der Waals surface area contributed by atoms with Crippen molar-refractivity contribution in [3.63, 3.8) is 0 Å². The van der Waals surface area contributed by atoms with Gasteiger partial charge in [-0.15, -0.1) is 0 Å². The van der Waals surface area contributed by atoms with Crippen LogP contribution in [0.15, 0.2) is 47.3 Å². The Bertz CT molecular complexity index is 629. The maximum absolute atomic E-state index is 12.6. The molecule has 2 N–H and O–H groups in total. The largest absolute Gasteiger partial charge is 0.320 e. The normalized spacial score (nSPS) is 12.7. The Kier molecular flexibility index (Phi) is 4.40. The fourth-order valence-electron chi connectivity index (χ4n) is 2.36. The van der Waals surface area contributed by atoms with Crippen LogP contribution in [-0.2, 0) is 6.54 Å². The third-order valence-corrected chi connectivity index (χ3v) is 3.46. The van der Waals surface area contributed by atoms with Gasteiger partial charge in [0.05, 0.1) is 6.04 Å². The van der Waals surface area contributed by atoms with Gasteiger partial charge in [-0.2, -0.15) is 0 Å². The number of aryl methyl sites for hydroxylation is 1. The summed E-state index contributed by atoms with van der Waals surface area (Å²) in [6.07, 6.45) is 0. The molecule has 0 radical (unpaired) electrons. The van der Waals surface area contributed by atoms with Crippen molar-refractivity contribution in [2.24, 2.45) is 11.7 Å². The van der Waals surface area contributed by atoms with E-state index in [4.69, 9.17) is 5.73 Å². The quantitative estimate of drug-likeness (QED) is 0.928. The Balaban J connectivity index is 2.46. The van der Waals surface area contributed by atoms with Crippen LogP contribution in [0.3, 0.4) is 0 Å². The highest BCUT2D eigenvalue weighted by Crippen LogP contribution is 2.17. The third kappa shape index (κ3) is 2.99. The maximum Gasteiger partial charge on any atom is 0.255 e. The number of aromatic nitrogens is 1. The van der Waals surface area contributed by atoms with Gasteiger partial charge in [-0.1, -0.05) is 44.2 Å². The lowest BCUT2D eigenvalue weighted by Gasteiger charge is -2.17. The lowest BCUT2D eigenvalue weighted by Crippen LogP contribution is -2.31. The Morgan fingerprint density at radius 3 is 2.35 bits per heavy atom. The second-order valence-electron chi connectivity index (χ2n) is 5.63. The molecule has 0 fully saturated rings. The van der Waals surface area contributed by atoms with Crippen molar-refractivity contribution >= 4 is 0 Å². The molecule has 1 unspecified atom stereocenters. The molecule has 3 nitrogen and oxygen atoms in total. The highest BCUT2D eigenvalue weighted by atomic mass is 16.1. The smallest absolute Gasteiger partial charge is 0.255 e. The van der Waals surface area contributed by atoms with Crippen LogP contribution in [0.25, 0.3) is 0 Å². The molecule has 0 aliphatic heterocycles. The van der Waals surface area contributed by atoms with E-state index in [1.807, 2.05) is 54.0 Å². The fourth-order valence-corrected chi connectivity index (χ4v) is 2.36. The van der Waals surface area contributed by atoms with Crippen LogP contribution in [-0.4, -0.2) is 4.57 Å². The summed E-state index contributed by atoms with van der Waals surface area (Å²) in [6, 6.07) is 13.2. The predicted molar refractivity (Wildman–Crippen MR) is 82.7 cm³/mol. The molecule has 1 atom stereocenters. The molecule has 1 heterocycles. The third-order valence-electron chi connectivity index (χ3n) is 3.46. The zero-order chi connectivity index (χ0) is 14.7. The van der Waals surface area contributed by atoms with Gasteiger partial charge >= 0.3 is 0 Å². The summed E-state index contributed by atoms with van der Waals surface area (Å²) < 4.78 is 1.82. The van der Waals surface area contributed by atoms with E-state index in [-0.39, 0.29) is 11.6 Å². The lowest BCUT2D eigenvalue weighted by molar-refractivity contribution is 0.498. The number of nitrogens with two attached hydrogens (primary N) is 1. The number of nitrogens with zero attached hydrogens (tertiary/aromatic N) is 1. The van der Waals surface area contributed by atoms with E-state index >= 15 is 0 Å². The zero-order valence-corrected chi connectivity index (χ0v) is 12.3. The van der Waals surface area contributed by atoms with Crippen LogP contribution < -0.4 is 11.3 Å². The molecular formula is C17H22N2O. The highest BCUT2D eigenvalue weighted by Gasteiger charge is 2.15. The van der Waals surface area contributed by atoms with E-state index in [1.54, 1.807) is 0 Å². The van der Waals surface area contributed by atoms with Gasteiger partial charge in [0.2, 0.25) is 0 Å². The summed E-state index contributed by atoms with van der Waals surface area (Å²) in [5, 5.41) is 0. The number of rotatable bonds is 4. The summed E-state index contributed by atoms with van der Waals surface area (Å²) >= 11 is 0. The molecule has 0 spiro atoms. The first kappa shape index (κ1) is 14.5. The van der Waals surface area contributed by atoms with Gasteiger partial charge in [0, 0.05) is 17.8 Å². The van der Waals surface area contributed by atoms with Crippen molar-refractivity contribution in [1.29, 1.82) is 0 Å². The summed E-state index contributed by atoms with van der Waals surface area (Å²) in [6.45, 7) is 6.90. The molecule has 0 aliphatic carbocycles. The van der Waals surface area contributed by atoms with Crippen molar-refractivity contribution in [3.8, 4) is 0 Å². The van der Waals surface area contributed by atoms with Gasteiger partial charge in [0.1, 0.15) is 0 Å². The predicted octanol–water partition coefficient (Wildman–Crippen LogP) is 2.86. The second-order valence-corrected chi connectivity index (χ2v) is 5.63.